The van der Waals surface area contributed by atoms with E-state index in [4.69, 9.17) is 0 Å². The van der Waals surface area contributed by atoms with Gasteiger partial charge in [0.05, 0.1) is 16.8 Å². The first-order valence-corrected chi connectivity index (χ1v) is 6.10. The second kappa shape index (κ2) is 4.31. The molecule has 1 aliphatic rings. The molecule has 14 heavy (non-hydrogen) atoms. The van der Waals surface area contributed by atoms with Gasteiger partial charge in [-0.25, -0.2) is 0 Å². The lowest BCUT2D eigenvalue weighted by Crippen LogP contribution is -2.36. The van der Waals surface area contributed by atoms with Crippen LogP contribution in [0.1, 0.15) is 25.2 Å². The van der Waals surface area contributed by atoms with Gasteiger partial charge in [-0.3, -0.25) is 10.00 Å². The Hall–Kier alpha value is -0.550. The van der Waals surface area contributed by atoms with Crippen LogP contribution < -0.4 is 0 Å². The van der Waals surface area contributed by atoms with Gasteiger partial charge in [0.15, 0.2) is 0 Å². The number of rotatable bonds is 3. The quantitative estimate of drug-likeness (QED) is 0.819. The molecule has 1 aromatic heterocycles. The average molecular weight is 212 g/mol. The molecular formula is C9H16N4S. The van der Waals surface area contributed by atoms with Crippen molar-refractivity contribution in [3.8, 4) is 0 Å². The molecule has 0 aliphatic carbocycles. The van der Waals surface area contributed by atoms with Gasteiger partial charge in [-0.15, -0.1) is 16.9 Å². The summed E-state index contributed by atoms with van der Waals surface area (Å²) in [5.74, 6) is 1.17. The molecule has 1 N–H and O–H groups in total. The second-order valence-electron chi connectivity index (χ2n) is 3.51. The van der Waals surface area contributed by atoms with Crippen LogP contribution in [0, 0.1) is 0 Å². The van der Waals surface area contributed by atoms with Crippen molar-refractivity contribution in [2.75, 3.05) is 12.3 Å². The molecule has 0 saturated heterocycles. The Morgan fingerprint density at radius 3 is 3.29 bits per heavy atom. The molecule has 4 nitrogen and oxygen atoms in total. The van der Waals surface area contributed by atoms with Crippen molar-refractivity contribution in [2.45, 2.75) is 32.2 Å². The largest absolute Gasteiger partial charge is 0.285 e. The summed E-state index contributed by atoms with van der Waals surface area (Å²) in [4.78, 5) is 2.46. The molecule has 1 atom stereocenters. The number of hydrogen-bond donors (Lipinski definition) is 1. The molecule has 0 saturated carbocycles. The molecule has 0 spiro atoms. The average Bonchev–Trinajstić information content (AvgIpc) is 2.64. The summed E-state index contributed by atoms with van der Waals surface area (Å²) < 4.78 is 0. The number of hydrogen-bond acceptors (Lipinski definition) is 4. The van der Waals surface area contributed by atoms with Crippen LogP contribution in [-0.2, 0) is 13.0 Å². The lowest BCUT2D eigenvalue weighted by molar-refractivity contribution is 0.243. The maximum atomic E-state index is 4.09. The molecule has 2 rings (SSSR count). The minimum atomic E-state index is 0.588. The highest BCUT2D eigenvalue weighted by Crippen LogP contribution is 2.21. The van der Waals surface area contributed by atoms with Crippen LogP contribution >= 0.6 is 11.8 Å². The fraction of sp³-hybridized carbons (Fsp3) is 0.778. The fourth-order valence-electron chi connectivity index (χ4n) is 1.78. The van der Waals surface area contributed by atoms with Crippen molar-refractivity contribution in [3.05, 3.63) is 11.4 Å². The van der Waals surface area contributed by atoms with E-state index < -0.39 is 0 Å². The van der Waals surface area contributed by atoms with Crippen molar-refractivity contribution in [3.63, 3.8) is 0 Å². The highest BCUT2D eigenvalue weighted by atomic mass is 32.2. The van der Waals surface area contributed by atoms with Crippen LogP contribution in [0.3, 0.4) is 0 Å². The third-order valence-corrected chi connectivity index (χ3v) is 3.74. The zero-order chi connectivity index (χ0) is 9.97. The number of aromatic amines is 1. The first-order chi connectivity index (χ1) is 6.81. The number of nitrogens with one attached hydrogen (secondary N) is 1. The lowest BCUT2D eigenvalue weighted by atomic mass is 10.1. The SMILES string of the molecule is CCSC(C)N1CCc2[nH]nnc2C1. The van der Waals surface area contributed by atoms with E-state index in [1.165, 1.54) is 11.4 Å². The van der Waals surface area contributed by atoms with Crippen LogP contribution in [0.2, 0.25) is 0 Å². The van der Waals surface area contributed by atoms with Gasteiger partial charge < -0.3 is 0 Å². The summed E-state index contributed by atoms with van der Waals surface area (Å²) in [6, 6.07) is 0. The molecule has 2 heterocycles. The van der Waals surface area contributed by atoms with Gasteiger partial charge in [0, 0.05) is 19.5 Å². The zero-order valence-electron chi connectivity index (χ0n) is 8.66. The zero-order valence-corrected chi connectivity index (χ0v) is 9.47. The lowest BCUT2D eigenvalue weighted by Gasteiger charge is -2.30. The van der Waals surface area contributed by atoms with Gasteiger partial charge in [0.25, 0.3) is 0 Å². The predicted octanol–water partition coefficient (Wildman–Crippen LogP) is 1.26. The van der Waals surface area contributed by atoms with Crippen LogP contribution in [0.25, 0.3) is 0 Å². The number of aromatic nitrogens is 3. The van der Waals surface area contributed by atoms with Gasteiger partial charge in [-0.05, 0) is 12.7 Å². The van der Waals surface area contributed by atoms with E-state index in [9.17, 15) is 0 Å². The number of H-pyrrole nitrogens is 1. The monoisotopic (exact) mass is 212 g/mol. The molecule has 1 aromatic rings. The standard InChI is InChI=1S/C9H16N4S/c1-3-14-7(2)13-5-4-8-9(6-13)11-12-10-8/h7H,3-6H2,1-2H3,(H,10,11,12). The minimum absolute atomic E-state index is 0.588. The Morgan fingerprint density at radius 1 is 1.64 bits per heavy atom. The molecule has 78 valence electrons. The number of nitrogens with zero attached hydrogens (tertiary/aromatic N) is 3. The summed E-state index contributed by atoms with van der Waals surface area (Å²) in [6.07, 6.45) is 1.05. The second-order valence-corrected chi connectivity index (χ2v) is 5.11. The minimum Gasteiger partial charge on any atom is -0.285 e. The van der Waals surface area contributed by atoms with Crippen molar-refractivity contribution < 1.29 is 0 Å². The Kier molecular flexibility index (Phi) is 3.08. The van der Waals surface area contributed by atoms with E-state index in [0.29, 0.717) is 5.37 Å². The van der Waals surface area contributed by atoms with Crippen molar-refractivity contribution >= 4 is 11.8 Å². The van der Waals surface area contributed by atoms with E-state index in [-0.39, 0.29) is 0 Å². The van der Waals surface area contributed by atoms with Gasteiger partial charge >= 0.3 is 0 Å². The third kappa shape index (κ3) is 1.93. The van der Waals surface area contributed by atoms with Crippen LogP contribution in [0.4, 0.5) is 0 Å². The van der Waals surface area contributed by atoms with E-state index in [1.807, 2.05) is 11.8 Å². The molecule has 0 radical (unpaired) electrons. The molecule has 1 aliphatic heterocycles. The Labute approximate surface area is 88.4 Å². The summed E-state index contributed by atoms with van der Waals surface area (Å²) in [6.45, 7) is 6.52. The molecular weight excluding hydrogens is 196 g/mol. The number of fused-ring (bicyclic) bond motifs is 1. The summed E-state index contributed by atoms with van der Waals surface area (Å²) in [5.41, 5.74) is 2.34. The summed E-state index contributed by atoms with van der Waals surface area (Å²) >= 11 is 1.98. The third-order valence-electron chi connectivity index (χ3n) is 2.63. The molecule has 1 unspecified atom stereocenters. The smallest absolute Gasteiger partial charge is 0.0997 e. The molecule has 5 heteroatoms. The van der Waals surface area contributed by atoms with E-state index in [0.717, 1.165) is 25.2 Å². The highest BCUT2D eigenvalue weighted by molar-refractivity contribution is 7.99. The van der Waals surface area contributed by atoms with Gasteiger partial charge in [0.2, 0.25) is 0 Å². The molecule has 0 bridgehead atoms. The molecule has 0 amide bonds. The van der Waals surface area contributed by atoms with Crippen molar-refractivity contribution in [1.29, 1.82) is 0 Å². The Morgan fingerprint density at radius 2 is 2.50 bits per heavy atom. The van der Waals surface area contributed by atoms with E-state index in [1.54, 1.807) is 0 Å². The first-order valence-electron chi connectivity index (χ1n) is 5.05. The maximum absolute atomic E-state index is 4.09. The van der Waals surface area contributed by atoms with Gasteiger partial charge in [-0.2, -0.15) is 0 Å². The highest BCUT2D eigenvalue weighted by Gasteiger charge is 2.22. The topological polar surface area (TPSA) is 44.8 Å². The van der Waals surface area contributed by atoms with E-state index in [2.05, 4.69) is 34.2 Å². The maximum Gasteiger partial charge on any atom is 0.0997 e. The molecule has 0 fully saturated rings. The Bertz CT molecular complexity index is 299. The molecule has 0 aromatic carbocycles. The predicted molar refractivity (Wildman–Crippen MR) is 58.1 cm³/mol. The van der Waals surface area contributed by atoms with Crippen LogP contribution in [0.15, 0.2) is 0 Å². The Balaban J connectivity index is 2.00. The van der Waals surface area contributed by atoms with Crippen molar-refractivity contribution in [2.24, 2.45) is 0 Å². The van der Waals surface area contributed by atoms with Crippen LogP contribution in [-0.4, -0.2) is 38.0 Å². The van der Waals surface area contributed by atoms with Gasteiger partial charge in [0.1, 0.15) is 0 Å². The first kappa shape index (κ1) is 9.98. The fourth-order valence-corrected chi connectivity index (χ4v) is 2.65. The number of thioether (sulfide) groups is 1. The van der Waals surface area contributed by atoms with Crippen molar-refractivity contribution in [1.82, 2.24) is 20.3 Å². The summed E-state index contributed by atoms with van der Waals surface area (Å²) in [5, 5.41) is 11.5. The van der Waals surface area contributed by atoms with Crippen LogP contribution in [0.5, 0.6) is 0 Å². The summed E-state index contributed by atoms with van der Waals surface area (Å²) in [7, 11) is 0. The normalized spacial score (nSPS) is 19.3. The van der Waals surface area contributed by atoms with E-state index >= 15 is 0 Å². The van der Waals surface area contributed by atoms with Gasteiger partial charge in [-0.1, -0.05) is 12.1 Å².